The maximum absolute atomic E-state index is 11.7. The lowest BCUT2D eigenvalue weighted by molar-refractivity contribution is -0.129. The average Bonchev–Trinajstić information content (AvgIpc) is 2.56. The van der Waals surface area contributed by atoms with Crippen molar-refractivity contribution in [1.29, 1.82) is 0 Å². The third kappa shape index (κ3) is 4.29. The highest BCUT2D eigenvalue weighted by molar-refractivity contribution is 5.80. The molecule has 5 heteroatoms. The van der Waals surface area contributed by atoms with Gasteiger partial charge in [-0.05, 0) is 37.5 Å². The lowest BCUT2D eigenvalue weighted by Crippen LogP contribution is -2.33. The van der Waals surface area contributed by atoms with E-state index in [-0.39, 0.29) is 6.54 Å². The lowest BCUT2D eigenvalue weighted by Gasteiger charge is -2.14. The van der Waals surface area contributed by atoms with Crippen molar-refractivity contribution in [2.24, 2.45) is 0 Å². The Hall–Kier alpha value is -2.40. The van der Waals surface area contributed by atoms with Crippen molar-refractivity contribution in [3.8, 4) is 11.6 Å². The number of hydrogen-bond acceptors (Lipinski definition) is 4. The number of hydrogen-bond donors (Lipinski definition) is 2. The molecule has 0 aliphatic rings. The van der Waals surface area contributed by atoms with Gasteiger partial charge in [-0.2, -0.15) is 0 Å². The fraction of sp³-hybridized carbons (Fsp3) is 0.333. The molecule has 1 aromatic heterocycles. The maximum Gasteiger partial charge on any atom is 0.249 e. The van der Waals surface area contributed by atoms with Gasteiger partial charge in [-0.15, -0.1) is 0 Å². The molecule has 1 unspecified atom stereocenters. The van der Waals surface area contributed by atoms with Gasteiger partial charge >= 0.3 is 0 Å². The molecule has 2 aromatic rings. The molecule has 0 radical (unpaired) electrons. The topological polar surface area (TPSA) is 71.5 Å². The molecular formula is C18H22N2O3. The zero-order valence-electron chi connectivity index (χ0n) is 13.7. The van der Waals surface area contributed by atoms with Crippen LogP contribution in [0.3, 0.4) is 0 Å². The van der Waals surface area contributed by atoms with Crippen molar-refractivity contribution < 1.29 is 14.6 Å². The second-order valence-electron chi connectivity index (χ2n) is 5.43. The summed E-state index contributed by atoms with van der Waals surface area (Å²) in [5, 5.41) is 12.2. The first-order chi connectivity index (χ1) is 11.0. The number of amides is 1. The first-order valence-electron chi connectivity index (χ1n) is 7.66. The van der Waals surface area contributed by atoms with Gasteiger partial charge in [0.2, 0.25) is 11.8 Å². The number of nitrogens with zero attached hydrogens (tertiary/aromatic N) is 1. The number of ether oxygens (including phenoxy) is 1. The number of nitrogens with one attached hydrogen (secondary N) is 1. The third-order valence-corrected chi connectivity index (χ3v) is 3.60. The van der Waals surface area contributed by atoms with Gasteiger partial charge in [0.1, 0.15) is 11.9 Å². The van der Waals surface area contributed by atoms with Gasteiger partial charge in [0, 0.05) is 18.3 Å². The molecule has 0 spiro atoms. The minimum absolute atomic E-state index is 0.254. The molecule has 1 aromatic carbocycles. The van der Waals surface area contributed by atoms with Crippen LogP contribution >= 0.6 is 0 Å². The van der Waals surface area contributed by atoms with E-state index < -0.39 is 12.0 Å². The summed E-state index contributed by atoms with van der Waals surface area (Å²) in [7, 11) is 0. The molecule has 5 nitrogen and oxygen atoms in total. The molecule has 23 heavy (non-hydrogen) atoms. The van der Waals surface area contributed by atoms with Crippen LogP contribution in [0.4, 0.5) is 0 Å². The summed E-state index contributed by atoms with van der Waals surface area (Å²) in [4.78, 5) is 16.0. The lowest BCUT2D eigenvalue weighted by atomic mass is 10.1. The molecule has 0 bridgehead atoms. The number of benzene rings is 1. The number of carbonyl (C=O) groups is 1. The van der Waals surface area contributed by atoms with Gasteiger partial charge in [-0.3, -0.25) is 4.79 Å². The SMILES string of the molecule is CCC(O)C(=O)NCc1cccnc1Oc1c(C)cccc1C. The van der Waals surface area contributed by atoms with E-state index in [1.54, 1.807) is 19.2 Å². The van der Waals surface area contributed by atoms with E-state index in [4.69, 9.17) is 4.74 Å². The van der Waals surface area contributed by atoms with Crippen LogP contribution in [-0.2, 0) is 11.3 Å². The Morgan fingerprint density at radius 1 is 1.26 bits per heavy atom. The number of aromatic nitrogens is 1. The molecule has 1 atom stereocenters. The Labute approximate surface area is 136 Å². The normalized spacial score (nSPS) is 11.8. The summed E-state index contributed by atoms with van der Waals surface area (Å²) >= 11 is 0. The van der Waals surface area contributed by atoms with Crippen LogP contribution < -0.4 is 10.1 Å². The van der Waals surface area contributed by atoms with Crippen molar-refractivity contribution in [3.63, 3.8) is 0 Å². The summed E-state index contributed by atoms with van der Waals surface area (Å²) < 4.78 is 5.97. The Kier molecular flexibility index (Phi) is 5.71. The molecule has 0 aliphatic heterocycles. The number of aliphatic hydroxyl groups is 1. The van der Waals surface area contributed by atoms with Crippen molar-refractivity contribution in [2.75, 3.05) is 0 Å². The molecule has 122 valence electrons. The van der Waals surface area contributed by atoms with Crippen LogP contribution in [0.1, 0.15) is 30.0 Å². The number of pyridine rings is 1. The Morgan fingerprint density at radius 2 is 1.96 bits per heavy atom. The number of para-hydroxylation sites is 1. The molecule has 1 heterocycles. The monoisotopic (exact) mass is 314 g/mol. The fourth-order valence-corrected chi connectivity index (χ4v) is 2.19. The van der Waals surface area contributed by atoms with E-state index in [9.17, 15) is 9.90 Å². The van der Waals surface area contributed by atoms with Gasteiger partial charge in [0.05, 0.1) is 0 Å². The number of aryl methyl sites for hydroxylation is 2. The molecule has 0 saturated carbocycles. The highest BCUT2D eigenvalue weighted by Crippen LogP contribution is 2.29. The molecule has 0 aliphatic carbocycles. The Bertz CT molecular complexity index is 665. The molecule has 1 amide bonds. The second kappa shape index (κ2) is 7.74. The van der Waals surface area contributed by atoms with E-state index in [1.165, 1.54) is 0 Å². The largest absolute Gasteiger partial charge is 0.438 e. The van der Waals surface area contributed by atoms with Crippen LogP contribution in [0.5, 0.6) is 11.6 Å². The number of rotatable bonds is 6. The van der Waals surface area contributed by atoms with Crippen LogP contribution in [0, 0.1) is 13.8 Å². The summed E-state index contributed by atoms with van der Waals surface area (Å²) in [5.74, 6) is 0.831. The first-order valence-corrected chi connectivity index (χ1v) is 7.66. The van der Waals surface area contributed by atoms with Gasteiger partial charge in [-0.1, -0.05) is 31.2 Å². The molecule has 0 saturated heterocycles. The minimum atomic E-state index is -0.991. The van der Waals surface area contributed by atoms with Gasteiger partial charge in [-0.25, -0.2) is 4.98 Å². The van der Waals surface area contributed by atoms with Crippen molar-refractivity contribution in [2.45, 2.75) is 39.8 Å². The van der Waals surface area contributed by atoms with E-state index >= 15 is 0 Å². The first kappa shape index (κ1) is 17.0. The highest BCUT2D eigenvalue weighted by Gasteiger charge is 2.14. The molecule has 2 rings (SSSR count). The summed E-state index contributed by atoms with van der Waals surface area (Å²) in [6.45, 7) is 5.96. The molecule has 2 N–H and O–H groups in total. The van der Waals surface area contributed by atoms with Crippen LogP contribution in [0.15, 0.2) is 36.5 Å². The predicted molar refractivity (Wildman–Crippen MR) is 88.4 cm³/mol. The van der Waals surface area contributed by atoms with Gasteiger partial charge in [0.25, 0.3) is 0 Å². The molecular weight excluding hydrogens is 292 g/mol. The van der Waals surface area contributed by atoms with E-state index in [1.807, 2.05) is 38.1 Å². The molecule has 0 fully saturated rings. The van der Waals surface area contributed by atoms with Crippen molar-refractivity contribution >= 4 is 5.91 Å². The number of carbonyl (C=O) groups excluding carboxylic acids is 1. The van der Waals surface area contributed by atoms with Crippen molar-refractivity contribution in [1.82, 2.24) is 10.3 Å². The zero-order valence-corrected chi connectivity index (χ0v) is 13.7. The Morgan fingerprint density at radius 3 is 2.61 bits per heavy atom. The van der Waals surface area contributed by atoms with Crippen LogP contribution in [0.2, 0.25) is 0 Å². The smallest absolute Gasteiger partial charge is 0.249 e. The van der Waals surface area contributed by atoms with Crippen LogP contribution in [0.25, 0.3) is 0 Å². The zero-order chi connectivity index (χ0) is 16.8. The maximum atomic E-state index is 11.7. The average molecular weight is 314 g/mol. The summed E-state index contributed by atoms with van der Waals surface area (Å²) in [5.41, 5.74) is 2.80. The Balaban J connectivity index is 2.16. The van der Waals surface area contributed by atoms with Crippen LogP contribution in [-0.4, -0.2) is 22.1 Å². The predicted octanol–water partition coefficient (Wildman–Crippen LogP) is 2.88. The standard InChI is InChI=1S/C18H22N2O3/c1-4-15(21)17(22)20-11-14-9-6-10-19-18(14)23-16-12(2)7-5-8-13(16)3/h5-10,15,21H,4,11H2,1-3H3,(H,20,22). The fourth-order valence-electron chi connectivity index (χ4n) is 2.19. The third-order valence-electron chi connectivity index (χ3n) is 3.60. The number of aliphatic hydroxyl groups excluding tert-OH is 1. The van der Waals surface area contributed by atoms with E-state index in [0.29, 0.717) is 12.3 Å². The summed E-state index contributed by atoms with van der Waals surface area (Å²) in [6.07, 6.45) is 1.04. The second-order valence-corrected chi connectivity index (χ2v) is 5.43. The highest BCUT2D eigenvalue weighted by atomic mass is 16.5. The van der Waals surface area contributed by atoms with Gasteiger partial charge in [0.15, 0.2) is 0 Å². The quantitative estimate of drug-likeness (QED) is 0.860. The minimum Gasteiger partial charge on any atom is -0.438 e. The summed E-state index contributed by atoms with van der Waals surface area (Å²) in [6, 6.07) is 9.56. The van der Waals surface area contributed by atoms with E-state index in [2.05, 4.69) is 10.3 Å². The van der Waals surface area contributed by atoms with Gasteiger partial charge < -0.3 is 15.2 Å². The van der Waals surface area contributed by atoms with E-state index in [0.717, 1.165) is 22.4 Å². The van der Waals surface area contributed by atoms with Crippen molar-refractivity contribution in [3.05, 3.63) is 53.2 Å².